The van der Waals surface area contributed by atoms with Gasteiger partial charge in [-0.15, -0.1) is 0 Å². The lowest BCUT2D eigenvalue weighted by Gasteiger charge is -2.17. The summed E-state index contributed by atoms with van der Waals surface area (Å²) in [5, 5.41) is 19.8. The van der Waals surface area contributed by atoms with Crippen LogP contribution in [-0.4, -0.2) is 44.6 Å². The van der Waals surface area contributed by atoms with Gasteiger partial charge in [-0.1, -0.05) is 0 Å². The molecule has 0 unspecified atom stereocenters. The second-order valence-electron chi connectivity index (χ2n) is 3.16. The highest BCUT2D eigenvalue weighted by atomic mass is 16.5. The highest BCUT2D eigenvalue weighted by Gasteiger charge is 2.30. The van der Waals surface area contributed by atoms with Crippen molar-refractivity contribution in [3.63, 3.8) is 0 Å². The number of carbonyl (C=O) groups is 1. The van der Waals surface area contributed by atoms with Crippen molar-refractivity contribution in [1.29, 1.82) is 0 Å². The van der Waals surface area contributed by atoms with Gasteiger partial charge in [0.05, 0.1) is 28.4 Å². The summed E-state index contributed by atoms with van der Waals surface area (Å²) in [6, 6.07) is 0. The Hall–Kier alpha value is -2.31. The molecule has 0 saturated carbocycles. The molecule has 7 heteroatoms. The van der Waals surface area contributed by atoms with Crippen molar-refractivity contribution in [1.82, 2.24) is 0 Å². The Morgan fingerprint density at radius 3 is 1.50 bits per heavy atom. The third-order valence-corrected chi connectivity index (χ3v) is 2.32. The highest BCUT2D eigenvalue weighted by molar-refractivity contribution is 5.98. The molecule has 0 saturated heterocycles. The zero-order chi connectivity index (χ0) is 13.9. The van der Waals surface area contributed by atoms with E-state index in [4.69, 9.17) is 14.2 Å². The molecular formula is C11H14O7. The number of methoxy groups -OCH3 is 4. The van der Waals surface area contributed by atoms with Crippen LogP contribution in [0.5, 0.6) is 28.7 Å². The van der Waals surface area contributed by atoms with E-state index >= 15 is 0 Å². The molecule has 1 rings (SSSR count). The molecule has 0 bridgehead atoms. The zero-order valence-corrected chi connectivity index (χ0v) is 10.4. The average molecular weight is 258 g/mol. The van der Waals surface area contributed by atoms with Crippen LogP contribution < -0.4 is 14.2 Å². The Labute approximate surface area is 103 Å². The average Bonchev–Trinajstić information content (AvgIpc) is 2.37. The SMILES string of the molecule is COC(=O)c1c(O)c(OC)c(OC)c(OC)c1O. The van der Waals surface area contributed by atoms with Crippen molar-refractivity contribution in [2.75, 3.05) is 28.4 Å². The summed E-state index contributed by atoms with van der Waals surface area (Å²) in [6.07, 6.45) is 0. The molecule has 0 heterocycles. The summed E-state index contributed by atoms with van der Waals surface area (Å²) in [5.41, 5.74) is -0.452. The van der Waals surface area contributed by atoms with Gasteiger partial charge in [-0.05, 0) is 0 Å². The number of carbonyl (C=O) groups excluding carboxylic acids is 1. The van der Waals surface area contributed by atoms with E-state index in [-0.39, 0.29) is 17.2 Å². The zero-order valence-electron chi connectivity index (χ0n) is 10.4. The van der Waals surface area contributed by atoms with Gasteiger partial charge in [0.1, 0.15) is 0 Å². The minimum absolute atomic E-state index is 0.0253. The van der Waals surface area contributed by atoms with Gasteiger partial charge >= 0.3 is 5.97 Å². The van der Waals surface area contributed by atoms with Crippen molar-refractivity contribution in [3.8, 4) is 28.7 Å². The third-order valence-electron chi connectivity index (χ3n) is 2.32. The van der Waals surface area contributed by atoms with E-state index in [1.165, 1.54) is 21.3 Å². The molecule has 0 fully saturated rings. The van der Waals surface area contributed by atoms with Crippen LogP contribution in [0.2, 0.25) is 0 Å². The molecule has 0 amide bonds. The number of phenols is 2. The van der Waals surface area contributed by atoms with Gasteiger partial charge in [0.15, 0.2) is 17.1 Å². The van der Waals surface area contributed by atoms with E-state index in [0.717, 1.165) is 7.11 Å². The van der Waals surface area contributed by atoms with Crippen molar-refractivity contribution in [2.45, 2.75) is 0 Å². The molecule has 0 radical (unpaired) electrons. The molecule has 100 valence electrons. The van der Waals surface area contributed by atoms with E-state index in [1.807, 2.05) is 0 Å². The number of phenolic OH excluding ortho intramolecular Hbond substituents is 2. The van der Waals surface area contributed by atoms with Gasteiger partial charge in [-0.3, -0.25) is 0 Å². The summed E-state index contributed by atoms with van der Waals surface area (Å²) >= 11 is 0. The Morgan fingerprint density at radius 1 is 0.833 bits per heavy atom. The Balaban J connectivity index is 3.69. The quantitative estimate of drug-likeness (QED) is 0.775. The van der Waals surface area contributed by atoms with Crippen LogP contribution in [0.3, 0.4) is 0 Å². The predicted molar refractivity (Wildman–Crippen MR) is 60.8 cm³/mol. The maximum atomic E-state index is 11.5. The van der Waals surface area contributed by atoms with Crippen molar-refractivity contribution >= 4 is 5.97 Å². The van der Waals surface area contributed by atoms with Crippen LogP contribution in [-0.2, 0) is 4.74 Å². The molecule has 0 aliphatic heterocycles. The van der Waals surface area contributed by atoms with Crippen molar-refractivity contribution < 1.29 is 34.0 Å². The molecule has 0 aliphatic rings. The van der Waals surface area contributed by atoms with Crippen LogP contribution in [0.15, 0.2) is 0 Å². The lowest BCUT2D eigenvalue weighted by molar-refractivity contribution is 0.0592. The van der Waals surface area contributed by atoms with E-state index in [2.05, 4.69) is 4.74 Å². The van der Waals surface area contributed by atoms with Crippen LogP contribution in [0.25, 0.3) is 0 Å². The first kappa shape index (κ1) is 13.8. The first-order chi connectivity index (χ1) is 8.53. The minimum atomic E-state index is -0.927. The first-order valence-corrected chi connectivity index (χ1v) is 4.85. The first-order valence-electron chi connectivity index (χ1n) is 4.85. The minimum Gasteiger partial charge on any atom is -0.503 e. The normalized spacial score (nSPS) is 9.78. The number of aromatic hydroxyl groups is 2. The lowest BCUT2D eigenvalue weighted by atomic mass is 10.1. The second-order valence-corrected chi connectivity index (χ2v) is 3.16. The molecule has 0 aromatic heterocycles. The largest absolute Gasteiger partial charge is 0.503 e. The summed E-state index contributed by atoms with van der Waals surface area (Å²) in [5.74, 6) is -2.38. The van der Waals surface area contributed by atoms with Gasteiger partial charge in [-0.2, -0.15) is 0 Å². The van der Waals surface area contributed by atoms with Crippen molar-refractivity contribution in [3.05, 3.63) is 5.56 Å². The van der Waals surface area contributed by atoms with Gasteiger partial charge in [0, 0.05) is 0 Å². The topological polar surface area (TPSA) is 94.5 Å². The van der Waals surface area contributed by atoms with Gasteiger partial charge < -0.3 is 29.2 Å². The molecule has 1 aromatic carbocycles. The fourth-order valence-electron chi connectivity index (χ4n) is 1.52. The fourth-order valence-corrected chi connectivity index (χ4v) is 1.52. The van der Waals surface area contributed by atoms with Gasteiger partial charge in [0.25, 0.3) is 0 Å². The van der Waals surface area contributed by atoms with Gasteiger partial charge in [-0.25, -0.2) is 4.79 Å². The molecule has 0 aliphatic carbocycles. The third kappa shape index (κ3) is 1.94. The number of hydrogen-bond acceptors (Lipinski definition) is 7. The summed E-state index contributed by atoms with van der Waals surface area (Å²) < 4.78 is 19.3. The maximum Gasteiger partial charge on any atom is 0.345 e. The van der Waals surface area contributed by atoms with E-state index in [0.29, 0.717) is 0 Å². The fraction of sp³-hybridized carbons (Fsp3) is 0.364. The van der Waals surface area contributed by atoms with Crippen LogP contribution >= 0.6 is 0 Å². The molecule has 0 spiro atoms. The highest BCUT2D eigenvalue weighted by Crippen LogP contribution is 2.52. The molecule has 0 atom stereocenters. The van der Waals surface area contributed by atoms with Gasteiger partial charge in [0.2, 0.25) is 17.2 Å². The van der Waals surface area contributed by atoms with E-state index in [1.54, 1.807) is 0 Å². The summed E-state index contributed by atoms with van der Waals surface area (Å²) in [4.78, 5) is 11.5. The number of rotatable bonds is 4. The molecule has 1 aromatic rings. The van der Waals surface area contributed by atoms with Crippen LogP contribution in [0, 0.1) is 0 Å². The van der Waals surface area contributed by atoms with Crippen molar-refractivity contribution in [2.24, 2.45) is 0 Å². The Kier molecular flexibility index (Phi) is 4.09. The maximum absolute atomic E-state index is 11.5. The molecule has 18 heavy (non-hydrogen) atoms. The van der Waals surface area contributed by atoms with E-state index < -0.39 is 23.0 Å². The predicted octanol–water partition coefficient (Wildman–Crippen LogP) is 0.910. The standard InChI is InChI=1S/C11H14O7/c1-15-8-6(12)5(11(14)18-4)7(13)9(16-2)10(8)17-3/h12-13H,1-4H3. The Bertz CT molecular complexity index is 436. The second kappa shape index (κ2) is 5.35. The summed E-state index contributed by atoms with van der Waals surface area (Å²) in [6.45, 7) is 0. The molecular weight excluding hydrogens is 244 g/mol. The molecule has 7 nitrogen and oxygen atoms in total. The molecule has 2 N–H and O–H groups in total. The van der Waals surface area contributed by atoms with Crippen LogP contribution in [0.1, 0.15) is 10.4 Å². The number of hydrogen-bond donors (Lipinski definition) is 2. The van der Waals surface area contributed by atoms with Crippen LogP contribution in [0.4, 0.5) is 0 Å². The lowest BCUT2D eigenvalue weighted by Crippen LogP contribution is -2.06. The monoisotopic (exact) mass is 258 g/mol. The smallest absolute Gasteiger partial charge is 0.345 e. The summed E-state index contributed by atoms with van der Waals surface area (Å²) in [7, 11) is 4.96. The Morgan fingerprint density at radius 2 is 1.22 bits per heavy atom. The number of benzene rings is 1. The van der Waals surface area contributed by atoms with E-state index in [9.17, 15) is 15.0 Å². The number of ether oxygens (including phenoxy) is 4. The number of esters is 1.